The first-order chi connectivity index (χ1) is 19.1. The average molecular weight is 575 g/mol. The monoisotopic (exact) mass is 574 g/mol. The van der Waals surface area contributed by atoms with Crippen molar-refractivity contribution in [2.24, 2.45) is 0 Å². The molecule has 1 amide bonds. The number of nitrogens with zero attached hydrogens (tertiary/aromatic N) is 3. The number of rotatable bonds is 7. The third-order valence-corrected chi connectivity index (χ3v) is 8.97. The van der Waals surface area contributed by atoms with Gasteiger partial charge in [-0.1, -0.05) is 12.1 Å². The number of carbonyl (C=O) groups is 1. The SMILES string of the molecule is CC1CCCN1c1cc(CNC(=O)[C@@H]2CCCN2S(=O)c2ccc(F)cc2)cc(-c2ccc(C(F)(F)F)cc2)n1. The maximum absolute atomic E-state index is 13.3. The average Bonchev–Trinajstić information content (AvgIpc) is 3.60. The molecule has 1 N–H and O–H groups in total. The summed E-state index contributed by atoms with van der Waals surface area (Å²) in [5.41, 5.74) is 1.10. The number of alkyl halides is 3. The van der Waals surface area contributed by atoms with Crippen molar-refractivity contribution in [2.45, 2.75) is 62.3 Å². The molecule has 40 heavy (non-hydrogen) atoms. The third-order valence-electron chi connectivity index (χ3n) is 7.43. The Labute approximate surface area is 233 Å². The zero-order chi connectivity index (χ0) is 28.4. The summed E-state index contributed by atoms with van der Waals surface area (Å²) in [6.07, 6.45) is -1.15. The van der Waals surface area contributed by atoms with Gasteiger partial charge >= 0.3 is 6.18 Å². The largest absolute Gasteiger partial charge is 0.416 e. The molecule has 2 aliphatic rings. The highest BCUT2D eigenvalue weighted by molar-refractivity contribution is 7.82. The predicted molar refractivity (Wildman–Crippen MR) is 145 cm³/mol. The lowest BCUT2D eigenvalue weighted by Gasteiger charge is -2.25. The number of carbonyl (C=O) groups excluding carboxylic acids is 1. The van der Waals surface area contributed by atoms with E-state index in [0.29, 0.717) is 41.4 Å². The van der Waals surface area contributed by atoms with Crippen molar-refractivity contribution in [3.8, 4) is 11.3 Å². The minimum Gasteiger partial charge on any atom is -0.354 e. The molecule has 0 spiro atoms. The van der Waals surface area contributed by atoms with Gasteiger partial charge in [-0.05, 0) is 86.7 Å². The molecule has 0 aliphatic carbocycles. The molecule has 212 valence electrons. The summed E-state index contributed by atoms with van der Waals surface area (Å²) >= 11 is 0. The number of pyridine rings is 1. The molecule has 2 fully saturated rings. The summed E-state index contributed by atoms with van der Waals surface area (Å²) < 4.78 is 67.3. The molecule has 3 heterocycles. The lowest BCUT2D eigenvalue weighted by atomic mass is 10.1. The van der Waals surface area contributed by atoms with Gasteiger partial charge in [0.2, 0.25) is 5.91 Å². The van der Waals surface area contributed by atoms with Crippen molar-refractivity contribution in [1.29, 1.82) is 0 Å². The standard InChI is InChI=1S/C29H30F4N4O2S/c1-19-4-2-14-36(19)27-17-20(16-25(35-27)21-6-8-22(9-7-21)29(31,32)33)18-34-28(38)26-5-3-15-37(26)40(39)24-12-10-23(30)11-13-24/h6-13,16-17,19,26H,2-5,14-15,18H2,1H3,(H,34,38)/t19?,26-,40?/m0/s1. The van der Waals surface area contributed by atoms with Crippen LogP contribution >= 0.6 is 0 Å². The first-order valence-electron chi connectivity index (χ1n) is 13.3. The van der Waals surface area contributed by atoms with Gasteiger partial charge in [0.25, 0.3) is 0 Å². The van der Waals surface area contributed by atoms with Crippen LogP contribution in [-0.2, 0) is 28.5 Å². The minimum absolute atomic E-state index is 0.178. The lowest BCUT2D eigenvalue weighted by molar-refractivity contribution is -0.137. The van der Waals surface area contributed by atoms with Crippen LogP contribution in [0.25, 0.3) is 11.3 Å². The maximum Gasteiger partial charge on any atom is 0.416 e. The van der Waals surface area contributed by atoms with Crippen LogP contribution in [0.1, 0.15) is 43.7 Å². The van der Waals surface area contributed by atoms with Crippen LogP contribution in [0.5, 0.6) is 0 Å². The molecular formula is C29H30F4N4O2S. The number of aromatic nitrogens is 1. The van der Waals surface area contributed by atoms with Gasteiger partial charge in [0.15, 0.2) is 0 Å². The number of hydrogen-bond donors (Lipinski definition) is 1. The first-order valence-corrected chi connectivity index (χ1v) is 14.4. The Kier molecular flexibility index (Phi) is 8.23. The molecule has 11 heteroatoms. The van der Waals surface area contributed by atoms with E-state index < -0.39 is 34.6 Å². The van der Waals surface area contributed by atoms with Crippen molar-refractivity contribution < 1.29 is 26.6 Å². The van der Waals surface area contributed by atoms with E-state index in [1.807, 2.05) is 6.07 Å². The maximum atomic E-state index is 13.3. The van der Waals surface area contributed by atoms with Crippen LogP contribution in [-0.4, -0.2) is 44.6 Å². The number of benzene rings is 2. The van der Waals surface area contributed by atoms with E-state index in [1.165, 1.54) is 36.4 Å². The van der Waals surface area contributed by atoms with E-state index in [2.05, 4.69) is 17.1 Å². The molecule has 0 saturated carbocycles. The van der Waals surface area contributed by atoms with Crippen LogP contribution in [0.2, 0.25) is 0 Å². The summed E-state index contributed by atoms with van der Waals surface area (Å²) in [4.78, 5) is 20.6. The number of nitrogens with one attached hydrogen (secondary N) is 1. The van der Waals surface area contributed by atoms with E-state index in [4.69, 9.17) is 4.98 Å². The molecule has 2 unspecified atom stereocenters. The van der Waals surface area contributed by atoms with E-state index in [1.54, 1.807) is 10.4 Å². The highest BCUT2D eigenvalue weighted by Gasteiger charge is 2.35. The fraction of sp³-hybridized carbons (Fsp3) is 0.379. The van der Waals surface area contributed by atoms with Gasteiger partial charge in [0.1, 0.15) is 28.7 Å². The molecule has 0 radical (unpaired) electrons. The Hall–Kier alpha value is -3.31. The third kappa shape index (κ3) is 6.20. The van der Waals surface area contributed by atoms with Crippen molar-refractivity contribution >= 4 is 22.7 Å². The zero-order valence-electron chi connectivity index (χ0n) is 22.0. The number of anilines is 1. The molecule has 1 aromatic heterocycles. The second kappa shape index (κ2) is 11.7. The summed E-state index contributed by atoms with van der Waals surface area (Å²) in [6.45, 7) is 3.59. The van der Waals surface area contributed by atoms with Crippen LogP contribution in [0.3, 0.4) is 0 Å². The second-order valence-electron chi connectivity index (χ2n) is 10.2. The second-order valence-corrected chi connectivity index (χ2v) is 11.6. The molecule has 2 aromatic carbocycles. The van der Waals surface area contributed by atoms with Crippen LogP contribution in [0.15, 0.2) is 65.6 Å². The Morgan fingerprint density at radius 3 is 2.38 bits per heavy atom. The van der Waals surface area contributed by atoms with Gasteiger partial charge in [0.05, 0.1) is 16.2 Å². The number of halogens is 4. The molecule has 6 nitrogen and oxygen atoms in total. The predicted octanol–water partition coefficient (Wildman–Crippen LogP) is 5.70. The van der Waals surface area contributed by atoms with Gasteiger partial charge in [-0.15, -0.1) is 0 Å². The van der Waals surface area contributed by atoms with Crippen molar-refractivity contribution in [2.75, 3.05) is 18.0 Å². The summed E-state index contributed by atoms with van der Waals surface area (Å²) in [5.74, 6) is 0.0238. The summed E-state index contributed by atoms with van der Waals surface area (Å²) in [5, 5.41) is 2.95. The quantitative estimate of drug-likeness (QED) is 0.368. The number of hydrogen-bond acceptors (Lipinski definition) is 4. The topological polar surface area (TPSA) is 65.5 Å². The van der Waals surface area contributed by atoms with Crippen molar-refractivity contribution in [1.82, 2.24) is 14.6 Å². The van der Waals surface area contributed by atoms with Gasteiger partial charge < -0.3 is 10.2 Å². The fourth-order valence-electron chi connectivity index (χ4n) is 5.27. The van der Waals surface area contributed by atoms with E-state index >= 15 is 0 Å². The summed E-state index contributed by atoms with van der Waals surface area (Å²) in [6, 6.07) is 13.7. The van der Waals surface area contributed by atoms with Crippen molar-refractivity contribution in [3.05, 3.63) is 77.6 Å². The Morgan fingerprint density at radius 1 is 1.02 bits per heavy atom. The minimum atomic E-state index is -4.43. The Bertz CT molecular complexity index is 1380. The molecular weight excluding hydrogens is 544 g/mol. The van der Waals surface area contributed by atoms with E-state index in [0.717, 1.165) is 37.1 Å². The molecule has 3 aromatic rings. The smallest absolute Gasteiger partial charge is 0.354 e. The van der Waals surface area contributed by atoms with E-state index in [9.17, 15) is 26.6 Å². The summed E-state index contributed by atoms with van der Waals surface area (Å²) in [7, 11) is -1.60. The molecule has 5 rings (SSSR count). The lowest BCUT2D eigenvalue weighted by Crippen LogP contribution is -2.43. The fourth-order valence-corrected chi connectivity index (χ4v) is 6.63. The highest BCUT2D eigenvalue weighted by Crippen LogP contribution is 2.32. The van der Waals surface area contributed by atoms with Crippen LogP contribution < -0.4 is 10.2 Å². The van der Waals surface area contributed by atoms with Gasteiger partial charge in [-0.2, -0.15) is 13.2 Å². The molecule has 0 bridgehead atoms. The van der Waals surface area contributed by atoms with Gasteiger partial charge in [-0.25, -0.2) is 17.9 Å². The Balaban J connectivity index is 1.35. The molecule has 2 aliphatic heterocycles. The number of amides is 1. The highest BCUT2D eigenvalue weighted by atomic mass is 32.2. The molecule has 2 saturated heterocycles. The van der Waals surface area contributed by atoms with Gasteiger partial charge in [-0.3, -0.25) is 4.79 Å². The van der Waals surface area contributed by atoms with Crippen molar-refractivity contribution in [3.63, 3.8) is 0 Å². The Morgan fingerprint density at radius 2 is 1.73 bits per heavy atom. The normalized spacial score (nSPS) is 20.6. The first kappa shape index (κ1) is 28.2. The van der Waals surface area contributed by atoms with E-state index in [-0.39, 0.29) is 18.5 Å². The van der Waals surface area contributed by atoms with Crippen LogP contribution in [0.4, 0.5) is 23.4 Å². The van der Waals surface area contributed by atoms with Crippen LogP contribution in [0, 0.1) is 5.82 Å². The van der Waals surface area contributed by atoms with Gasteiger partial charge in [0, 0.05) is 31.2 Å². The molecule has 3 atom stereocenters. The zero-order valence-corrected chi connectivity index (χ0v) is 22.8.